The van der Waals surface area contributed by atoms with E-state index >= 15 is 0 Å². The molecular formula is C12H18O2. The van der Waals surface area contributed by atoms with Crippen molar-refractivity contribution in [1.29, 1.82) is 0 Å². The van der Waals surface area contributed by atoms with Gasteiger partial charge in [0.15, 0.2) is 0 Å². The maximum Gasteiger partial charge on any atom is 0.122 e. The highest BCUT2D eigenvalue weighted by Gasteiger charge is 1.99. The van der Waals surface area contributed by atoms with E-state index in [4.69, 9.17) is 9.47 Å². The molecule has 0 aliphatic heterocycles. The summed E-state index contributed by atoms with van der Waals surface area (Å²) in [6, 6.07) is 8.17. The van der Waals surface area contributed by atoms with Crippen molar-refractivity contribution in [3.63, 3.8) is 0 Å². The predicted octanol–water partition coefficient (Wildman–Crippen LogP) is 2.66. The van der Waals surface area contributed by atoms with Crippen molar-refractivity contribution in [1.82, 2.24) is 0 Å². The van der Waals surface area contributed by atoms with Gasteiger partial charge in [-0.05, 0) is 18.1 Å². The van der Waals surface area contributed by atoms with E-state index in [1.165, 1.54) is 5.56 Å². The third kappa shape index (κ3) is 3.38. The highest BCUT2D eigenvalue weighted by molar-refractivity contribution is 5.33. The Kier molecular flexibility index (Phi) is 5.08. The third-order valence-electron chi connectivity index (χ3n) is 2.10. The van der Waals surface area contributed by atoms with E-state index in [9.17, 15) is 0 Å². The lowest BCUT2D eigenvalue weighted by Gasteiger charge is -2.09. The number of hydrogen-bond donors (Lipinski definition) is 0. The summed E-state index contributed by atoms with van der Waals surface area (Å²) in [5.74, 6) is 1.01. The van der Waals surface area contributed by atoms with Gasteiger partial charge in [0.2, 0.25) is 0 Å². The van der Waals surface area contributed by atoms with Gasteiger partial charge in [-0.25, -0.2) is 0 Å². The van der Waals surface area contributed by atoms with Crippen LogP contribution in [0.2, 0.25) is 0 Å². The zero-order chi connectivity index (χ0) is 10.2. The summed E-state index contributed by atoms with van der Waals surface area (Å²) in [6.45, 7) is 3.62. The standard InChI is InChI=1S/C12H18O2/c1-3-11-7-4-5-8-12(11)14-10-6-9-13-2/h4-5,7-8H,3,6,9-10H2,1-2H3. The van der Waals surface area contributed by atoms with Gasteiger partial charge >= 0.3 is 0 Å². The molecule has 1 rings (SSSR count). The highest BCUT2D eigenvalue weighted by atomic mass is 16.5. The monoisotopic (exact) mass is 194 g/mol. The predicted molar refractivity (Wildman–Crippen MR) is 57.8 cm³/mol. The highest BCUT2D eigenvalue weighted by Crippen LogP contribution is 2.18. The van der Waals surface area contributed by atoms with Gasteiger partial charge in [0, 0.05) is 20.1 Å². The van der Waals surface area contributed by atoms with E-state index in [0.29, 0.717) is 0 Å². The Hall–Kier alpha value is -1.02. The number of aryl methyl sites for hydroxylation is 1. The first-order valence-corrected chi connectivity index (χ1v) is 5.08. The summed E-state index contributed by atoms with van der Waals surface area (Å²) < 4.78 is 10.6. The molecule has 2 nitrogen and oxygen atoms in total. The number of methoxy groups -OCH3 is 1. The second-order valence-corrected chi connectivity index (χ2v) is 3.16. The lowest BCUT2D eigenvalue weighted by molar-refractivity contribution is 0.172. The van der Waals surface area contributed by atoms with E-state index in [1.54, 1.807) is 7.11 Å². The molecule has 0 fully saturated rings. The molecule has 0 aromatic heterocycles. The van der Waals surface area contributed by atoms with Crippen molar-refractivity contribution >= 4 is 0 Å². The molecule has 0 spiro atoms. The van der Waals surface area contributed by atoms with Gasteiger partial charge in [-0.15, -0.1) is 0 Å². The van der Waals surface area contributed by atoms with Crippen LogP contribution < -0.4 is 4.74 Å². The fourth-order valence-corrected chi connectivity index (χ4v) is 1.32. The molecule has 0 unspecified atom stereocenters. The number of rotatable bonds is 6. The van der Waals surface area contributed by atoms with Crippen LogP contribution >= 0.6 is 0 Å². The SMILES string of the molecule is CCc1ccccc1OCCCOC. The van der Waals surface area contributed by atoms with Crippen molar-refractivity contribution in [2.24, 2.45) is 0 Å². The van der Waals surface area contributed by atoms with E-state index < -0.39 is 0 Å². The van der Waals surface area contributed by atoms with E-state index in [0.717, 1.165) is 31.8 Å². The van der Waals surface area contributed by atoms with Gasteiger partial charge < -0.3 is 9.47 Å². The van der Waals surface area contributed by atoms with Crippen molar-refractivity contribution in [3.05, 3.63) is 29.8 Å². The normalized spacial score (nSPS) is 10.1. The Morgan fingerprint density at radius 3 is 2.64 bits per heavy atom. The Labute approximate surface area is 85.8 Å². The maximum atomic E-state index is 5.65. The van der Waals surface area contributed by atoms with Gasteiger partial charge in [0.05, 0.1) is 6.61 Å². The second kappa shape index (κ2) is 6.44. The van der Waals surface area contributed by atoms with Crippen LogP contribution in [0.25, 0.3) is 0 Å². The summed E-state index contributed by atoms with van der Waals surface area (Å²) in [5, 5.41) is 0. The van der Waals surface area contributed by atoms with E-state index in [-0.39, 0.29) is 0 Å². The third-order valence-corrected chi connectivity index (χ3v) is 2.10. The molecule has 0 bridgehead atoms. The minimum atomic E-state index is 0.727. The summed E-state index contributed by atoms with van der Waals surface area (Å²) in [5.41, 5.74) is 1.27. The minimum absolute atomic E-state index is 0.727. The number of ether oxygens (including phenoxy) is 2. The van der Waals surface area contributed by atoms with Crippen molar-refractivity contribution in [2.75, 3.05) is 20.3 Å². The quantitative estimate of drug-likeness (QED) is 0.648. The largest absolute Gasteiger partial charge is 0.493 e. The molecule has 0 heterocycles. The van der Waals surface area contributed by atoms with Crippen LogP contribution in [-0.4, -0.2) is 20.3 Å². The first kappa shape index (κ1) is 11.1. The Morgan fingerprint density at radius 2 is 1.93 bits per heavy atom. The van der Waals surface area contributed by atoms with Gasteiger partial charge in [0.25, 0.3) is 0 Å². The Bertz CT molecular complexity index is 258. The average Bonchev–Trinajstić information content (AvgIpc) is 2.25. The Balaban J connectivity index is 2.41. The number of hydrogen-bond acceptors (Lipinski definition) is 2. The van der Waals surface area contributed by atoms with Crippen LogP contribution in [0, 0.1) is 0 Å². The molecule has 78 valence electrons. The molecule has 0 atom stereocenters. The molecule has 1 aromatic carbocycles. The van der Waals surface area contributed by atoms with Crippen LogP contribution in [0.3, 0.4) is 0 Å². The van der Waals surface area contributed by atoms with Gasteiger partial charge in [-0.2, -0.15) is 0 Å². The van der Waals surface area contributed by atoms with Crippen molar-refractivity contribution in [2.45, 2.75) is 19.8 Å². The first-order chi connectivity index (χ1) is 6.88. The molecular weight excluding hydrogens is 176 g/mol. The summed E-state index contributed by atoms with van der Waals surface area (Å²) in [4.78, 5) is 0. The molecule has 0 radical (unpaired) electrons. The van der Waals surface area contributed by atoms with Crippen LogP contribution in [0.15, 0.2) is 24.3 Å². The lowest BCUT2D eigenvalue weighted by Crippen LogP contribution is -2.02. The van der Waals surface area contributed by atoms with Crippen molar-refractivity contribution in [3.8, 4) is 5.75 Å². The maximum absolute atomic E-state index is 5.65. The minimum Gasteiger partial charge on any atom is -0.493 e. The van der Waals surface area contributed by atoms with Crippen LogP contribution in [0.5, 0.6) is 5.75 Å². The lowest BCUT2D eigenvalue weighted by atomic mass is 10.1. The van der Waals surface area contributed by atoms with Gasteiger partial charge in [0.1, 0.15) is 5.75 Å². The van der Waals surface area contributed by atoms with E-state index in [1.807, 2.05) is 18.2 Å². The average molecular weight is 194 g/mol. The smallest absolute Gasteiger partial charge is 0.122 e. The van der Waals surface area contributed by atoms with Crippen LogP contribution in [0.1, 0.15) is 18.9 Å². The molecule has 0 saturated heterocycles. The first-order valence-electron chi connectivity index (χ1n) is 5.08. The molecule has 2 heteroatoms. The summed E-state index contributed by atoms with van der Waals surface area (Å²) in [7, 11) is 1.71. The van der Waals surface area contributed by atoms with Crippen LogP contribution in [-0.2, 0) is 11.2 Å². The molecule has 0 saturated carbocycles. The zero-order valence-electron chi connectivity index (χ0n) is 8.95. The molecule has 14 heavy (non-hydrogen) atoms. The molecule has 0 N–H and O–H groups in total. The molecule has 0 amide bonds. The second-order valence-electron chi connectivity index (χ2n) is 3.16. The van der Waals surface area contributed by atoms with Gasteiger partial charge in [-0.1, -0.05) is 25.1 Å². The van der Waals surface area contributed by atoms with E-state index in [2.05, 4.69) is 13.0 Å². The number of para-hydroxylation sites is 1. The number of benzene rings is 1. The Morgan fingerprint density at radius 1 is 1.14 bits per heavy atom. The topological polar surface area (TPSA) is 18.5 Å². The molecule has 1 aromatic rings. The molecule has 0 aliphatic carbocycles. The fourth-order valence-electron chi connectivity index (χ4n) is 1.32. The van der Waals surface area contributed by atoms with Crippen molar-refractivity contribution < 1.29 is 9.47 Å². The summed E-state index contributed by atoms with van der Waals surface area (Å²) in [6.07, 6.45) is 1.95. The summed E-state index contributed by atoms with van der Waals surface area (Å²) >= 11 is 0. The van der Waals surface area contributed by atoms with Crippen LogP contribution in [0.4, 0.5) is 0 Å². The molecule has 0 aliphatic rings. The fraction of sp³-hybridized carbons (Fsp3) is 0.500. The van der Waals surface area contributed by atoms with Gasteiger partial charge in [-0.3, -0.25) is 0 Å². The zero-order valence-corrected chi connectivity index (χ0v) is 8.95.